The van der Waals surface area contributed by atoms with Crippen molar-refractivity contribution >= 4 is 17.0 Å². The fourth-order valence-electron chi connectivity index (χ4n) is 2.47. The topological polar surface area (TPSA) is 80.0 Å². The molecule has 124 valence electrons. The Morgan fingerprint density at radius 2 is 2.04 bits per heavy atom. The van der Waals surface area contributed by atoms with Gasteiger partial charge in [0.25, 0.3) is 11.6 Å². The standard InChI is InChI=1S/C18H20N4O2/c1-11(19-3)10-20-17(23)14-9-15(13-7-5-4-6-8-13)21-18-16(14)12(2)22-24-18/h4-9,11,19H,10H2,1-3H3,(H,20,23). The highest BCUT2D eigenvalue weighted by Gasteiger charge is 2.19. The van der Waals surface area contributed by atoms with Crippen molar-refractivity contribution < 1.29 is 9.32 Å². The summed E-state index contributed by atoms with van der Waals surface area (Å²) < 4.78 is 5.29. The summed E-state index contributed by atoms with van der Waals surface area (Å²) in [6.07, 6.45) is 0. The molecule has 0 aliphatic rings. The molecule has 2 aromatic heterocycles. The summed E-state index contributed by atoms with van der Waals surface area (Å²) in [5.41, 5.74) is 3.17. The molecule has 1 unspecified atom stereocenters. The van der Waals surface area contributed by atoms with Crippen LogP contribution in [0.25, 0.3) is 22.4 Å². The Morgan fingerprint density at radius 1 is 1.29 bits per heavy atom. The van der Waals surface area contributed by atoms with Crippen LogP contribution in [-0.2, 0) is 0 Å². The predicted octanol–water partition coefficient (Wildman–Crippen LogP) is 2.54. The van der Waals surface area contributed by atoms with Crippen molar-refractivity contribution in [1.29, 1.82) is 0 Å². The average molecular weight is 324 g/mol. The van der Waals surface area contributed by atoms with Crippen LogP contribution in [0.4, 0.5) is 0 Å². The second kappa shape index (κ2) is 6.80. The Kier molecular flexibility index (Phi) is 4.57. The fourth-order valence-corrected chi connectivity index (χ4v) is 2.47. The van der Waals surface area contributed by atoms with Crippen molar-refractivity contribution in [2.75, 3.05) is 13.6 Å². The number of aromatic nitrogens is 2. The van der Waals surface area contributed by atoms with E-state index in [4.69, 9.17) is 4.52 Å². The molecule has 1 atom stereocenters. The smallest absolute Gasteiger partial charge is 0.259 e. The van der Waals surface area contributed by atoms with Crippen LogP contribution in [0.15, 0.2) is 40.9 Å². The van der Waals surface area contributed by atoms with Crippen LogP contribution in [0.1, 0.15) is 23.0 Å². The van der Waals surface area contributed by atoms with E-state index in [0.29, 0.717) is 34.6 Å². The number of pyridine rings is 1. The van der Waals surface area contributed by atoms with Crippen molar-refractivity contribution in [2.45, 2.75) is 19.9 Å². The lowest BCUT2D eigenvalue weighted by Gasteiger charge is -2.12. The molecule has 1 amide bonds. The van der Waals surface area contributed by atoms with E-state index in [1.54, 1.807) is 6.07 Å². The number of carbonyl (C=O) groups is 1. The minimum Gasteiger partial charge on any atom is -0.350 e. The summed E-state index contributed by atoms with van der Waals surface area (Å²) in [6, 6.07) is 11.7. The normalized spacial score (nSPS) is 12.3. The van der Waals surface area contributed by atoms with Crippen LogP contribution in [0.3, 0.4) is 0 Å². The number of hydrogen-bond donors (Lipinski definition) is 2. The highest BCUT2D eigenvalue weighted by Crippen LogP contribution is 2.26. The maximum Gasteiger partial charge on any atom is 0.259 e. The number of hydrogen-bond acceptors (Lipinski definition) is 5. The van der Waals surface area contributed by atoms with E-state index >= 15 is 0 Å². The zero-order valence-corrected chi connectivity index (χ0v) is 14.0. The molecule has 0 saturated carbocycles. The molecule has 0 radical (unpaired) electrons. The van der Waals surface area contributed by atoms with E-state index in [0.717, 1.165) is 5.56 Å². The maximum atomic E-state index is 12.7. The molecule has 6 nitrogen and oxygen atoms in total. The van der Waals surface area contributed by atoms with Crippen molar-refractivity contribution in [3.63, 3.8) is 0 Å². The van der Waals surface area contributed by atoms with E-state index in [1.165, 1.54) is 0 Å². The molecule has 0 bridgehead atoms. The lowest BCUT2D eigenvalue weighted by Crippen LogP contribution is -2.37. The zero-order valence-electron chi connectivity index (χ0n) is 14.0. The van der Waals surface area contributed by atoms with E-state index in [9.17, 15) is 4.79 Å². The number of aryl methyl sites for hydroxylation is 1. The molecular weight excluding hydrogens is 304 g/mol. The van der Waals surface area contributed by atoms with Gasteiger partial charge in [-0.05, 0) is 27.0 Å². The third-order valence-corrected chi connectivity index (χ3v) is 3.99. The molecule has 0 fully saturated rings. The van der Waals surface area contributed by atoms with Gasteiger partial charge < -0.3 is 15.2 Å². The molecular formula is C18H20N4O2. The van der Waals surface area contributed by atoms with Gasteiger partial charge in [0, 0.05) is 18.2 Å². The number of likely N-dealkylation sites (N-methyl/N-ethyl adjacent to an activating group) is 1. The van der Waals surface area contributed by atoms with E-state index in [1.807, 2.05) is 51.2 Å². The Labute approximate surface area is 140 Å². The van der Waals surface area contributed by atoms with Crippen LogP contribution in [0.2, 0.25) is 0 Å². The molecule has 0 spiro atoms. The summed E-state index contributed by atoms with van der Waals surface area (Å²) in [6.45, 7) is 4.34. The minimum absolute atomic E-state index is 0.159. The highest BCUT2D eigenvalue weighted by molar-refractivity contribution is 6.07. The molecule has 24 heavy (non-hydrogen) atoms. The average Bonchev–Trinajstić information content (AvgIpc) is 3.00. The number of carbonyl (C=O) groups excluding carboxylic acids is 1. The number of amides is 1. The van der Waals surface area contributed by atoms with Crippen LogP contribution < -0.4 is 10.6 Å². The first-order valence-electron chi connectivity index (χ1n) is 7.88. The van der Waals surface area contributed by atoms with Gasteiger partial charge in [-0.15, -0.1) is 0 Å². The van der Waals surface area contributed by atoms with Crippen molar-refractivity contribution in [3.8, 4) is 11.3 Å². The van der Waals surface area contributed by atoms with E-state index < -0.39 is 0 Å². The van der Waals surface area contributed by atoms with Crippen LogP contribution in [0.5, 0.6) is 0 Å². The first-order valence-corrected chi connectivity index (χ1v) is 7.88. The molecule has 0 aliphatic carbocycles. The summed E-state index contributed by atoms with van der Waals surface area (Å²) in [7, 11) is 1.86. The molecule has 0 saturated heterocycles. The number of fused-ring (bicyclic) bond motifs is 1. The summed E-state index contributed by atoms with van der Waals surface area (Å²) >= 11 is 0. The van der Waals surface area contributed by atoms with Gasteiger partial charge in [-0.2, -0.15) is 0 Å². The Morgan fingerprint density at radius 3 is 2.75 bits per heavy atom. The molecule has 3 aromatic rings. The van der Waals surface area contributed by atoms with Gasteiger partial charge >= 0.3 is 0 Å². The van der Waals surface area contributed by atoms with Gasteiger partial charge in [-0.25, -0.2) is 4.98 Å². The van der Waals surface area contributed by atoms with Crippen molar-refractivity contribution in [2.24, 2.45) is 0 Å². The lowest BCUT2D eigenvalue weighted by atomic mass is 10.1. The monoisotopic (exact) mass is 324 g/mol. The van der Waals surface area contributed by atoms with Crippen LogP contribution in [0, 0.1) is 6.92 Å². The summed E-state index contributed by atoms with van der Waals surface area (Å²) in [4.78, 5) is 17.2. The Bertz CT molecular complexity index is 858. The zero-order chi connectivity index (χ0) is 17.1. The third-order valence-electron chi connectivity index (χ3n) is 3.99. The quantitative estimate of drug-likeness (QED) is 0.754. The summed E-state index contributed by atoms with van der Waals surface area (Å²) in [5.74, 6) is -0.159. The Hall–Kier alpha value is -2.73. The second-order valence-corrected chi connectivity index (χ2v) is 5.77. The SMILES string of the molecule is CNC(C)CNC(=O)c1cc(-c2ccccc2)nc2onc(C)c12. The number of rotatable bonds is 5. The number of nitrogens with zero attached hydrogens (tertiary/aromatic N) is 2. The molecule has 3 rings (SSSR count). The molecule has 0 aliphatic heterocycles. The van der Waals surface area contributed by atoms with Gasteiger partial charge in [0.2, 0.25) is 0 Å². The third kappa shape index (κ3) is 3.14. The minimum atomic E-state index is -0.159. The van der Waals surface area contributed by atoms with Crippen LogP contribution in [-0.4, -0.2) is 35.7 Å². The Balaban J connectivity index is 2.04. The van der Waals surface area contributed by atoms with Gasteiger partial charge in [0.1, 0.15) is 0 Å². The first-order chi connectivity index (χ1) is 11.6. The highest BCUT2D eigenvalue weighted by atomic mass is 16.5. The molecule has 1 aromatic carbocycles. The van der Waals surface area contributed by atoms with Gasteiger partial charge in [-0.1, -0.05) is 35.5 Å². The van der Waals surface area contributed by atoms with E-state index in [-0.39, 0.29) is 11.9 Å². The van der Waals surface area contributed by atoms with Crippen LogP contribution >= 0.6 is 0 Å². The largest absolute Gasteiger partial charge is 0.350 e. The molecule has 2 heterocycles. The first kappa shape index (κ1) is 16.1. The van der Waals surface area contributed by atoms with Gasteiger partial charge in [0.15, 0.2) is 0 Å². The molecule has 2 N–H and O–H groups in total. The predicted molar refractivity (Wildman–Crippen MR) is 92.8 cm³/mol. The maximum absolute atomic E-state index is 12.7. The number of nitrogens with one attached hydrogen (secondary N) is 2. The van der Waals surface area contributed by atoms with Crippen molar-refractivity contribution in [3.05, 3.63) is 47.7 Å². The van der Waals surface area contributed by atoms with E-state index in [2.05, 4.69) is 20.8 Å². The molecule has 6 heteroatoms. The van der Waals surface area contributed by atoms with Gasteiger partial charge in [0.05, 0.1) is 22.3 Å². The number of benzene rings is 1. The van der Waals surface area contributed by atoms with Crippen molar-refractivity contribution in [1.82, 2.24) is 20.8 Å². The fraction of sp³-hybridized carbons (Fsp3) is 0.278. The van der Waals surface area contributed by atoms with Gasteiger partial charge in [-0.3, -0.25) is 4.79 Å². The lowest BCUT2D eigenvalue weighted by molar-refractivity contribution is 0.0952. The summed E-state index contributed by atoms with van der Waals surface area (Å²) in [5, 5.41) is 10.6. The second-order valence-electron chi connectivity index (χ2n) is 5.77.